The van der Waals surface area contributed by atoms with E-state index in [1.165, 1.54) is 12.8 Å². The molecule has 1 aromatic rings. The summed E-state index contributed by atoms with van der Waals surface area (Å²) in [6.45, 7) is 9.03. The van der Waals surface area contributed by atoms with Crippen LogP contribution in [0.4, 0.5) is 17.8 Å². The van der Waals surface area contributed by atoms with Crippen molar-refractivity contribution in [1.29, 1.82) is 0 Å². The highest BCUT2D eigenvalue weighted by atomic mass is 15.4. The summed E-state index contributed by atoms with van der Waals surface area (Å²) in [5.74, 6) is 2.35. The molecule has 0 radical (unpaired) electrons. The molecule has 2 saturated heterocycles. The van der Waals surface area contributed by atoms with Crippen molar-refractivity contribution in [1.82, 2.24) is 20.3 Å². The number of nitrogens with one attached hydrogen (secondary N) is 2. The van der Waals surface area contributed by atoms with Gasteiger partial charge in [0.15, 0.2) is 0 Å². The Balaban J connectivity index is 1.84. The van der Waals surface area contributed by atoms with Crippen LogP contribution in [0.5, 0.6) is 0 Å². The Morgan fingerprint density at radius 2 is 1.57 bits per heavy atom. The minimum atomic E-state index is 0.710. The summed E-state index contributed by atoms with van der Waals surface area (Å²) in [6.07, 6.45) is 3.52. The number of hydrogen-bond acceptors (Lipinski definition) is 7. The monoisotopic (exact) mass is 291 g/mol. The molecule has 1 aromatic heterocycles. The van der Waals surface area contributed by atoms with Crippen molar-refractivity contribution >= 4 is 17.8 Å². The second-order valence-corrected chi connectivity index (χ2v) is 5.62. The second-order valence-electron chi connectivity index (χ2n) is 5.62. The van der Waals surface area contributed by atoms with E-state index in [1.807, 2.05) is 0 Å². The van der Waals surface area contributed by atoms with Crippen LogP contribution in [-0.4, -0.2) is 60.8 Å². The van der Waals surface area contributed by atoms with Gasteiger partial charge in [-0.3, -0.25) is 0 Å². The van der Waals surface area contributed by atoms with Crippen molar-refractivity contribution in [3.05, 3.63) is 0 Å². The van der Waals surface area contributed by atoms with Crippen LogP contribution < -0.4 is 20.4 Å². The van der Waals surface area contributed by atoms with Gasteiger partial charge in [0, 0.05) is 45.8 Å². The molecule has 0 aliphatic carbocycles. The maximum absolute atomic E-state index is 4.71. The van der Waals surface area contributed by atoms with Crippen LogP contribution in [0.15, 0.2) is 0 Å². The van der Waals surface area contributed by atoms with Gasteiger partial charge in [-0.1, -0.05) is 6.92 Å². The molecule has 7 nitrogen and oxygen atoms in total. The van der Waals surface area contributed by atoms with Crippen molar-refractivity contribution in [2.24, 2.45) is 0 Å². The molecule has 2 N–H and O–H groups in total. The minimum Gasteiger partial charge on any atom is -0.354 e. The molecule has 0 spiro atoms. The summed E-state index contributed by atoms with van der Waals surface area (Å²) >= 11 is 0. The second kappa shape index (κ2) is 6.89. The van der Waals surface area contributed by atoms with Crippen LogP contribution in [0.2, 0.25) is 0 Å². The fourth-order valence-corrected chi connectivity index (χ4v) is 2.73. The molecule has 0 bridgehead atoms. The van der Waals surface area contributed by atoms with E-state index < -0.39 is 0 Å². The number of anilines is 3. The molecule has 21 heavy (non-hydrogen) atoms. The van der Waals surface area contributed by atoms with Gasteiger partial charge in [-0.05, 0) is 19.3 Å². The Labute approximate surface area is 126 Å². The minimum absolute atomic E-state index is 0.710. The van der Waals surface area contributed by atoms with E-state index in [-0.39, 0.29) is 0 Å². The van der Waals surface area contributed by atoms with Gasteiger partial charge in [-0.25, -0.2) is 0 Å². The Morgan fingerprint density at radius 3 is 2.19 bits per heavy atom. The van der Waals surface area contributed by atoms with Crippen LogP contribution in [-0.2, 0) is 0 Å². The van der Waals surface area contributed by atoms with Gasteiger partial charge < -0.3 is 20.4 Å². The van der Waals surface area contributed by atoms with Crippen LogP contribution in [0.3, 0.4) is 0 Å². The molecule has 2 aliphatic heterocycles. The predicted octanol–water partition coefficient (Wildman–Crippen LogP) is 0.703. The molecule has 0 amide bonds. The molecule has 0 atom stereocenters. The van der Waals surface area contributed by atoms with E-state index in [9.17, 15) is 0 Å². The van der Waals surface area contributed by atoms with Gasteiger partial charge in [0.1, 0.15) is 0 Å². The van der Waals surface area contributed by atoms with Crippen molar-refractivity contribution < 1.29 is 0 Å². The van der Waals surface area contributed by atoms with E-state index in [1.54, 1.807) is 0 Å². The fourth-order valence-electron chi connectivity index (χ4n) is 2.73. The highest BCUT2D eigenvalue weighted by Gasteiger charge is 2.20. The van der Waals surface area contributed by atoms with Crippen molar-refractivity contribution in [3.8, 4) is 0 Å². The summed E-state index contributed by atoms with van der Waals surface area (Å²) in [5.41, 5.74) is 0. The van der Waals surface area contributed by atoms with Gasteiger partial charge >= 0.3 is 0 Å². The molecule has 7 heteroatoms. The third-order valence-corrected chi connectivity index (χ3v) is 3.93. The van der Waals surface area contributed by atoms with Crippen molar-refractivity contribution in [3.63, 3.8) is 0 Å². The van der Waals surface area contributed by atoms with Gasteiger partial charge in [0.05, 0.1) is 0 Å². The van der Waals surface area contributed by atoms with E-state index in [0.29, 0.717) is 5.95 Å². The molecular formula is C14H25N7. The first-order valence-corrected chi connectivity index (χ1v) is 8.07. The normalized spacial score (nSPS) is 19.1. The third kappa shape index (κ3) is 3.53. The third-order valence-electron chi connectivity index (χ3n) is 3.93. The first kappa shape index (κ1) is 14.3. The molecule has 0 aromatic carbocycles. The van der Waals surface area contributed by atoms with Crippen LogP contribution in [0, 0.1) is 0 Å². The van der Waals surface area contributed by atoms with Crippen LogP contribution in [0.25, 0.3) is 0 Å². The summed E-state index contributed by atoms with van der Waals surface area (Å²) in [6, 6.07) is 0. The lowest BCUT2D eigenvalue weighted by molar-refractivity contribution is 0.579. The lowest BCUT2D eigenvalue weighted by Gasteiger charge is -2.28. The molecule has 2 aliphatic rings. The Hall–Kier alpha value is -1.63. The van der Waals surface area contributed by atoms with E-state index >= 15 is 0 Å². The lowest BCUT2D eigenvalue weighted by atomic mass is 10.4. The number of rotatable bonds is 5. The molecular weight excluding hydrogens is 266 g/mol. The molecule has 116 valence electrons. The van der Waals surface area contributed by atoms with Crippen molar-refractivity contribution in [2.75, 3.05) is 60.9 Å². The van der Waals surface area contributed by atoms with Crippen LogP contribution >= 0.6 is 0 Å². The first-order chi connectivity index (χ1) is 10.4. The number of aromatic nitrogens is 3. The smallest absolute Gasteiger partial charge is 0.232 e. The number of nitrogens with zero attached hydrogens (tertiary/aromatic N) is 5. The van der Waals surface area contributed by atoms with Gasteiger partial charge in [0.2, 0.25) is 17.8 Å². The number of piperazine rings is 1. The van der Waals surface area contributed by atoms with E-state index in [0.717, 1.165) is 64.1 Å². The fraction of sp³-hybridized carbons (Fsp3) is 0.786. The quantitative estimate of drug-likeness (QED) is 0.827. The highest BCUT2D eigenvalue weighted by molar-refractivity contribution is 5.46. The topological polar surface area (TPSA) is 69.2 Å². The Kier molecular flexibility index (Phi) is 4.69. The van der Waals surface area contributed by atoms with E-state index in [4.69, 9.17) is 4.98 Å². The molecule has 3 rings (SSSR count). The maximum atomic E-state index is 4.71. The molecule has 0 saturated carbocycles. The highest BCUT2D eigenvalue weighted by Crippen LogP contribution is 2.20. The number of hydrogen-bond donors (Lipinski definition) is 2. The largest absolute Gasteiger partial charge is 0.354 e. The standard InChI is InChI=1S/C14H25N7/c1-2-5-16-12-17-13(20-8-3-4-9-20)19-14(18-12)21-10-6-15-7-11-21/h15H,2-11H2,1H3,(H,16,17,18,19). The van der Waals surface area contributed by atoms with Gasteiger partial charge in [0.25, 0.3) is 0 Å². The average molecular weight is 291 g/mol. The van der Waals surface area contributed by atoms with E-state index in [2.05, 4.69) is 37.3 Å². The van der Waals surface area contributed by atoms with Crippen molar-refractivity contribution in [2.45, 2.75) is 26.2 Å². The Morgan fingerprint density at radius 1 is 0.952 bits per heavy atom. The first-order valence-electron chi connectivity index (χ1n) is 8.07. The molecule has 3 heterocycles. The average Bonchev–Trinajstić information content (AvgIpc) is 3.08. The summed E-state index contributed by atoms with van der Waals surface area (Å²) in [4.78, 5) is 18.4. The summed E-state index contributed by atoms with van der Waals surface area (Å²) in [7, 11) is 0. The zero-order valence-electron chi connectivity index (χ0n) is 12.8. The van der Waals surface area contributed by atoms with Gasteiger partial charge in [-0.2, -0.15) is 15.0 Å². The predicted molar refractivity (Wildman–Crippen MR) is 85.1 cm³/mol. The zero-order valence-corrected chi connectivity index (χ0v) is 12.8. The molecule has 2 fully saturated rings. The van der Waals surface area contributed by atoms with Gasteiger partial charge in [-0.15, -0.1) is 0 Å². The summed E-state index contributed by atoms with van der Waals surface area (Å²) < 4.78 is 0. The van der Waals surface area contributed by atoms with Crippen LogP contribution in [0.1, 0.15) is 26.2 Å². The maximum Gasteiger partial charge on any atom is 0.232 e. The SMILES string of the molecule is CCCNc1nc(N2CCCC2)nc(N2CCNCC2)n1. The molecule has 0 unspecified atom stereocenters. The lowest BCUT2D eigenvalue weighted by Crippen LogP contribution is -2.44. The zero-order chi connectivity index (χ0) is 14.5. The Bertz CT molecular complexity index is 453. The summed E-state index contributed by atoms with van der Waals surface area (Å²) in [5, 5.41) is 6.67.